The van der Waals surface area contributed by atoms with Crippen molar-refractivity contribution in [1.29, 1.82) is 0 Å². The van der Waals surface area contributed by atoms with Gasteiger partial charge in [-0.15, -0.1) is 0 Å². The number of nitrogens with zero attached hydrogens (tertiary/aromatic N) is 2. The van der Waals surface area contributed by atoms with Crippen LogP contribution in [-0.2, 0) is 13.1 Å². The maximum absolute atomic E-state index is 13.0. The molecule has 6 nitrogen and oxygen atoms in total. The minimum absolute atomic E-state index is 0.0211. The van der Waals surface area contributed by atoms with Gasteiger partial charge in [-0.3, -0.25) is 0 Å². The van der Waals surface area contributed by atoms with Gasteiger partial charge in [-0.05, 0) is 49.6 Å². The first-order chi connectivity index (χ1) is 13.7. The molecule has 4 rings (SSSR count). The lowest BCUT2D eigenvalue weighted by atomic mass is 10.2. The summed E-state index contributed by atoms with van der Waals surface area (Å²) in [6, 6.07) is 12.1. The number of rotatable bonds is 4. The highest BCUT2D eigenvalue weighted by Gasteiger charge is 2.08. The molecular weight excluding hydrogens is 371 g/mol. The summed E-state index contributed by atoms with van der Waals surface area (Å²) in [6.07, 6.45) is 3.83. The van der Waals surface area contributed by atoms with Crippen molar-refractivity contribution in [3.8, 4) is 11.5 Å². The van der Waals surface area contributed by atoms with Crippen LogP contribution in [0.2, 0.25) is 0 Å². The molecular formula is C22H27FN4O2. The van der Waals surface area contributed by atoms with Gasteiger partial charge in [-0.1, -0.05) is 0 Å². The zero-order chi connectivity index (χ0) is 21.1. The number of hydrogen-bond donors (Lipinski definition) is 4. The van der Waals surface area contributed by atoms with Crippen molar-refractivity contribution in [2.24, 2.45) is 11.5 Å². The highest BCUT2D eigenvalue weighted by molar-refractivity contribution is 5.82. The first-order valence-electron chi connectivity index (χ1n) is 9.51. The minimum atomic E-state index is -0.596. The molecule has 154 valence electrons. The van der Waals surface area contributed by atoms with Gasteiger partial charge in [-0.2, -0.15) is 0 Å². The van der Waals surface area contributed by atoms with Crippen LogP contribution in [0, 0.1) is 5.82 Å². The zero-order valence-corrected chi connectivity index (χ0v) is 16.6. The van der Waals surface area contributed by atoms with Crippen LogP contribution in [0.25, 0.3) is 21.8 Å². The number of aromatic hydroxyl groups is 2. The van der Waals surface area contributed by atoms with E-state index in [1.165, 1.54) is 12.1 Å². The van der Waals surface area contributed by atoms with Gasteiger partial charge in [0.25, 0.3) is 0 Å². The monoisotopic (exact) mass is 398 g/mol. The largest absolute Gasteiger partial charge is 0.508 e. The van der Waals surface area contributed by atoms with E-state index in [4.69, 9.17) is 11.5 Å². The van der Waals surface area contributed by atoms with Crippen LogP contribution in [-0.4, -0.2) is 31.4 Å². The van der Waals surface area contributed by atoms with Crippen LogP contribution in [0.5, 0.6) is 11.5 Å². The molecule has 0 aliphatic carbocycles. The summed E-state index contributed by atoms with van der Waals surface area (Å²) in [4.78, 5) is 0. The van der Waals surface area contributed by atoms with E-state index in [2.05, 4.69) is 4.57 Å². The molecule has 0 fully saturated rings. The molecule has 0 spiro atoms. The molecule has 0 aliphatic rings. The van der Waals surface area contributed by atoms with Crippen molar-refractivity contribution in [3.63, 3.8) is 0 Å². The van der Waals surface area contributed by atoms with E-state index in [0.29, 0.717) is 12.3 Å². The van der Waals surface area contributed by atoms with E-state index in [0.717, 1.165) is 28.4 Å². The number of phenols is 2. The fraction of sp³-hybridized carbons (Fsp3) is 0.273. The second-order valence-electron chi connectivity index (χ2n) is 7.50. The van der Waals surface area contributed by atoms with Crippen molar-refractivity contribution in [2.75, 3.05) is 0 Å². The Balaban J connectivity index is 0.000000166. The van der Waals surface area contributed by atoms with Crippen LogP contribution < -0.4 is 11.5 Å². The van der Waals surface area contributed by atoms with E-state index >= 15 is 0 Å². The molecule has 0 saturated heterocycles. The van der Waals surface area contributed by atoms with Gasteiger partial charge in [0.05, 0.1) is 11.0 Å². The van der Waals surface area contributed by atoms with Crippen molar-refractivity contribution < 1.29 is 14.6 Å². The molecule has 0 radical (unpaired) electrons. The number of halogens is 1. The van der Waals surface area contributed by atoms with E-state index in [1.54, 1.807) is 18.2 Å². The second kappa shape index (κ2) is 8.55. The number of hydrogen-bond acceptors (Lipinski definition) is 4. The van der Waals surface area contributed by atoms with Gasteiger partial charge in [-0.25, -0.2) is 4.39 Å². The third-order valence-corrected chi connectivity index (χ3v) is 4.57. The second-order valence-corrected chi connectivity index (χ2v) is 7.50. The number of benzene rings is 2. The lowest BCUT2D eigenvalue weighted by Crippen LogP contribution is -2.21. The molecule has 2 atom stereocenters. The lowest BCUT2D eigenvalue weighted by Gasteiger charge is -2.08. The van der Waals surface area contributed by atoms with Gasteiger partial charge < -0.3 is 30.8 Å². The standard InChI is InChI=1S/C11H13FN2O.C11H14N2O/c1-7(13)6-14-3-2-8-4-9(12)11(15)5-10(8)14;1-8(12)7-13-5-4-9-2-3-10(14)6-11(9)13/h2-5,7,15H,6,13H2,1H3;2-6,8,14H,7,12H2,1H3/t;8-/m.0/s1. The molecule has 0 amide bonds. The van der Waals surface area contributed by atoms with Gasteiger partial charge in [0.15, 0.2) is 11.6 Å². The summed E-state index contributed by atoms with van der Waals surface area (Å²) in [5.74, 6) is -0.629. The van der Waals surface area contributed by atoms with Gasteiger partial charge in [0.2, 0.25) is 0 Å². The van der Waals surface area contributed by atoms with E-state index < -0.39 is 5.82 Å². The fourth-order valence-electron chi connectivity index (χ4n) is 3.31. The SMILES string of the molecule is CC(N)Cn1ccc2cc(F)c(O)cc21.C[C@H](N)Cn1ccc2ccc(O)cc21. The maximum Gasteiger partial charge on any atom is 0.165 e. The molecule has 0 aliphatic heterocycles. The van der Waals surface area contributed by atoms with E-state index in [9.17, 15) is 14.6 Å². The van der Waals surface area contributed by atoms with E-state index in [1.807, 2.05) is 42.9 Å². The summed E-state index contributed by atoms with van der Waals surface area (Å²) in [5.41, 5.74) is 13.2. The summed E-state index contributed by atoms with van der Waals surface area (Å²) >= 11 is 0. The maximum atomic E-state index is 13.0. The first-order valence-corrected chi connectivity index (χ1v) is 9.51. The third kappa shape index (κ3) is 4.88. The topological polar surface area (TPSA) is 102 Å². The van der Waals surface area contributed by atoms with E-state index in [-0.39, 0.29) is 17.8 Å². The highest BCUT2D eigenvalue weighted by atomic mass is 19.1. The quantitative estimate of drug-likeness (QED) is 0.422. The summed E-state index contributed by atoms with van der Waals surface area (Å²) in [6.45, 7) is 5.28. The van der Waals surface area contributed by atoms with Crippen molar-refractivity contribution in [1.82, 2.24) is 9.13 Å². The molecule has 4 aromatic rings. The minimum Gasteiger partial charge on any atom is -0.508 e. The Hall–Kier alpha value is -3.03. The molecule has 2 heterocycles. The van der Waals surface area contributed by atoms with Crippen molar-refractivity contribution in [2.45, 2.75) is 39.0 Å². The average Bonchev–Trinajstić information content (AvgIpc) is 3.20. The molecule has 0 bridgehead atoms. The van der Waals surface area contributed by atoms with Gasteiger partial charge in [0.1, 0.15) is 5.75 Å². The smallest absolute Gasteiger partial charge is 0.165 e. The molecule has 0 saturated carbocycles. The number of fused-ring (bicyclic) bond motifs is 2. The van der Waals surface area contributed by atoms with Gasteiger partial charge in [0, 0.05) is 55.1 Å². The molecule has 1 unspecified atom stereocenters. The number of phenolic OH excluding ortho intramolecular Hbond substituents is 2. The predicted octanol–water partition coefficient (Wildman–Crippen LogP) is 3.53. The molecule has 2 aromatic heterocycles. The number of nitrogens with two attached hydrogens (primary N) is 2. The Morgan fingerprint density at radius 1 is 0.828 bits per heavy atom. The first kappa shape index (κ1) is 20.7. The molecule has 29 heavy (non-hydrogen) atoms. The Labute approximate surface area is 168 Å². The summed E-state index contributed by atoms with van der Waals surface area (Å²) < 4.78 is 17.0. The molecule has 6 N–H and O–H groups in total. The summed E-state index contributed by atoms with van der Waals surface area (Å²) in [7, 11) is 0. The highest BCUT2D eigenvalue weighted by Crippen LogP contribution is 2.24. The van der Waals surface area contributed by atoms with Crippen LogP contribution in [0.1, 0.15) is 13.8 Å². The fourth-order valence-corrected chi connectivity index (χ4v) is 3.31. The third-order valence-electron chi connectivity index (χ3n) is 4.57. The molecule has 7 heteroatoms. The summed E-state index contributed by atoms with van der Waals surface area (Å²) in [5, 5.41) is 20.5. The Bertz CT molecular complexity index is 1110. The van der Waals surface area contributed by atoms with Crippen LogP contribution in [0.3, 0.4) is 0 Å². The average molecular weight is 398 g/mol. The van der Waals surface area contributed by atoms with Crippen molar-refractivity contribution >= 4 is 21.8 Å². The Kier molecular flexibility index (Phi) is 6.10. The Morgan fingerprint density at radius 2 is 1.38 bits per heavy atom. The zero-order valence-electron chi connectivity index (χ0n) is 16.6. The van der Waals surface area contributed by atoms with Gasteiger partial charge >= 0.3 is 0 Å². The number of aromatic nitrogens is 2. The van der Waals surface area contributed by atoms with Crippen molar-refractivity contribution in [3.05, 3.63) is 60.7 Å². The molecule has 2 aromatic carbocycles. The Morgan fingerprint density at radius 3 is 1.97 bits per heavy atom. The van der Waals surface area contributed by atoms with Crippen LogP contribution in [0.15, 0.2) is 54.9 Å². The van der Waals surface area contributed by atoms with Crippen LogP contribution >= 0.6 is 0 Å². The normalized spacial score (nSPS) is 13.3. The van der Waals surface area contributed by atoms with Crippen LogP contribution in [0.4, 0.5) is 4.39 Å². The lowest BCUT2D eigenvalue weighted by molar-refractivity contribution is 0.433. The predicted molar refractivity (Wildman–Crippen MR) is 114 cm³/mol.